The number of hydrogen-bond acceptors (Lipinski definition) is 2. The van der Waals surface area contributed by atoms with Crippen LogP contribution in [0.1, 0.15) is 10.4 Å². The second-order valence-electron chi connectivity index (χ2n) is 3.99. The minimum Gasteiger partial charge on any atom is -0.435 e. The fourth-order valence-corrected chi connectivity index (χ4v) is 2.09. The predicted molar refractivity (Wildman–Crippen MR) is 80.2 cm³/mol. The van der Waals surface area contributed by atoms with Gasteiger partial charge in [-0.25, -0.2) is 0 Å². The van der Waals surface area contributed by atoms with Crippen molar-refractivity contribution in [2.75, 3.05) is 5.32 Å². The van der Waals surface area contributed by atoms with Crippen LogP contribution in [0.5, 0.6) is 5.75 Å². The lowest BCUT2D eigenvalue weighted by Gasteiger charge is -2.08. The molecule has 0 spiro atoms. The summed E-state index contributed by atoms with van der Waals surface area (Å²) in [5.41, 5.74) is 0.732. The van der Waals surface area contributed by atoms with Crippen LogP contribution in [-0.2, 0) is 0 Å². The summed E-state index contributed by atoms with van der Waals surface area (Å²) in [5, 5.41) is 3.15. The second-order valence-corrected chi connectivity index (χ2v) is 5.25. The Morgan fingerprint density at radius 1 is 1.24 bits per heavy atom. The summed E-state index contributed by atoms with van der Waals surface area (Å²) in [6.45, 7) is -2.93. The highest BCUT2D eigenvalue weighted by Crippen LogP contribution is 2.26. The van der Waals surface area contributed by atoms with Crippen LogP contribution >= 0.6 is 27.5 Å². The van der Waals surface area contributed by atoms with E-state index in [1.807, 2.05) is 0 Å². The molecule has 7 heteroatoms. The van der Waals surface area contributed by atoms with Gasteiger partial charge in [-0.15, -0.1) is 0 Å². The van der Waals surface area contributed by atoms with E-state index in [1.165, 1.54) is 24.3 Å². The predicted octanol–water partition coefficient (Wildman–Crippen LogP) is 4.96. The third-order valence-corrected chi connectivity index (χ3v) is 3.71. The number of nitrogens with one attached hydrogen (secondary N) is 1. The summed E-state index contributed by atoms with van der Waals surface area (Å²) in [4.78, 5) is 12.0. The van der Waals surface area contributed by atoms with Gasteiger partial charge >= 0.3 is 6.61 Å². The Morgan fingerprint density at radius 2 is 2.00 bits per heavy atom. The fraction of sp³-hybridized carbons (Fsp3) is 0.0714. The second kappa shape index (κ2) is 6.87. The van der Waals surface area contributed by atoms with Gasteiger partial charge in [0.15, 0.2) is 0 Å². The first-order chi connectivity index (χ1) is 9.95. The van der Waals surface area contributed by atoms with Crippen LogP contribution in [-0.4, -0.2) is 12.5 Å². The zero-order valence-electron chi connectivity index (χ0n) is 10.4. The molecule has 0 fully saturated rings. The number of hydrogen-bond donors (Lipinski definition) is 1. The molecule has 2 aromatic rings. The number of halogens is 4. The number of amides is 1. The Balaban J connectivity index is 2.14. The first-order valence-corrected chi connectivity index (χ1v) is 6.94. The van der Waals surface area contributed by atoms with Crippen molar-refractivity contribution in [3.05, 3.63) is 57.5 Å². The van der Waals surface area contributed by atoms with Crippen molar-refractivity contribution in [1.82, 2.24) is 0 Å². The van der Waals surface area contributed by atoms with Gasteiger partial charge in [-0.3, -0.25) is 4.79 Å². The Labute approximate surface area is 133 Å². The molecule has 0 unspecified atom stereocenters. The molecule has 110 valence electrons. The normalized spacial score (nSPS) is 10.5. The zero-order chi connectivity index (χ0) is 15.4. The van der Waals surface area contributed by atoms with Crippen molar-refractivity contribution in [1.29, 1.82) is 0 Å². The summed E-state index contributed by atoms with van der Waals surface area (Å²) in [6, 6.07) is 10.4. The molecule has 21 heavy (non-hydrogen) atoms. The van der Waals surface area contributed by atoms with Crippen LogP contribution in [0.25, 0.3) is 0 Å². The Hall–Kier alpha value is -1.66. The van der Waals surface area contributed by atoms with Crippen molar-refractivity contribution >= 4 is 39.1 Å². The van der Waals surface area contributed by atoms with E-state index in [2.05, 4.69) is 26.0 Å². The first-order valence-electron chi connectivity index (χ1n) is 5.77. The molecular formula is C14H9BrClF2NO2. The standard InChI is InChI=1S/C14H9BrClF2NO2/c15-11-7-9(4-5-12(11)16)19-13(20)8-2-1-3-10(6-8)21-14(17)18/h1-7,14H,(H,19,20). The highest BCUT2D eigenvalue weighted by molar-refractivity contribution is 9.10. The van der Waals surface area contributed by atoms with Gasteiger partial charge in [-0.1, -0.05) is 17.7 Å². The van der Waals surface area contributed by atoms with Gasteiger partial charge in [-0.2, -0.15) is 8.78 Å². The van der Waals surface area contributed by atoms with E-state index in [0.717, 1.165) is 0 Å². The van der Waals surface area contributed by atoms with Gasteiger partial charge in [0.05, 0.1) is 5.02 Å². The summed E-state index contributed by atoms with van der Waals surface area (Å²) in [6.07, 6.45) is 0. The Morgan fingerprint density at radius 3 is 2.67 bits per heavy atom. The summed E-state index contributed by atoms with van der Waals surface area (Å²) >= 11 is 9.10. The molecule has 0 saturated heterocycles. The van der Waals surface area contributed by atoms with Gasteiger partial charge in [0.1, 0.15) is 5.75 Å². The quantitative estimate of drug-likeness (QED) is 0.819. The van der Waals surface area contributed by atoms with Crippen molar-refractivity contribution in [2.45, 2.75) is 6.61 Å². The van der Waals surface area contributed by atoms with Crippen LogP contribution in [0, 0.1) is 0 Å². The van der Waals surface area contributed by atoms with Gasteiger partial charge in [0.25, 0.3) is 5.91 Å². The third-order valence-electron chi connectivity index (χ3n) is 2.50. The first kappa shape index (κ1) is 15.7. The number of anilines is 1. The van der Waals surface area contributed by atoms with E-state index in [1.54, 1.807) is 18.2 Å². The van der Waals surface area contributed by atoms with Gasteiger partial charge in [0, 0.05) is 15.7 Å². The number of rotatable bonds is 4. The number of carbonyl (C=O) groups is 1. The van der Waals surface area contributed by atoms with Gasteiger partial charge < -0.3 is 10.1 Å². The van der Waals surface area contributed by atoms with Crippen molar-refractivity contribution in [2.24, 2.45) is 0 Å². The van der Waals surface area contributed by atoms with Gasteiger partial charge in [0.2, 0.25) is 0 Å². The van der Waals surface area contributed by atoms with Crippen LogP contribution in [0.3, 0.4) is 0 Å². The van der Waals surface area contributed by atoms with Crippen LogP contribution < -0.4 is 10.1 Å². The molecule has 3 nitrogen and oxygen atoms in total. The number of ether oxygens (including phenoxy) is 1. The third kappa shape index (κ3) is 4.41. The van der Waals surface area contributed by atoms with E-state index >= 15 is 0 Å². The molecule has 0 heterocycles. The molecule has 0 aliphatic rings. The van der Waals surface area contributed by atoms with Crippen molar-refractivity contribution < 1.29 is 18.3 Å². The van der Waals surface area contributed by atoms with E-state index in [4.69, 9.17) is 11.6 Å². The van der Waals surface area contributed by atoms with E-state index < -0.39 is 12.5 Å². The summed E-state index contributed by atoms with van der Waals surface area (Å²) in [5.74, 6) is -0.515. The van der Waals surface area contributed by atoms with E-state index in [0.29, 0.717) is 15.2 Å². The van der Waals surface area contributed by atoms with Gasteiger partial charge in [-0.05, 0) is 52.3 Å². The number of benzene rings is 2. The van der Waals surface area contributed by atoms with Crippen molar-refractivity contribution in [3.8, 4) is 5.75 Å². The lowest BCUT2D eigenvalue weighted by molar-refractivity contribution is -0.0498. The highest BCUT2D eigenvalue weighted by atomic mass is 79.9. The minimum atomic E-state index is -2.93. The zero-order valence-corrected chi connectivity index (χ0v) is 12.8. The maximum absolute atomic E-state index is 12.1. The maximum Gasteiger partial charge on any atom is 0.387 e. The average Bonchev–Trinajstić information content (AvgIpc) is 2.42. The molecule has 0 aliphatic carbocycles. The molecule has 2 rings (SSSR count). The number of carbonyl (C=O) groups excluding carboxylic acids is 1. The molecule has 0 aromatic heterocycles. The lowest BCUT2D eigenvalue weighted by atomic mass is 10.2. The molecule has 0 saturated carbocycles. The fourth-order valence-electron chi connectivity index (χ4n) is 1.59. The minimum absolute atomic E-state index is 0.0741. The maximum atomic E-state index is 12.1. The monoisotopic (exact) mass is 375 g/mol. The summed E-state index contributed by atoms with van der Waals surface area (Å²) < 4.78 is 29.2. The van der Waals surface area contributed by atoms with E-state index in [9.17, 15) is 13.6 Å². The lowest BCUT2D eigenvalue weighted by Crippen LogP contribution is -2.12. The molecule has 0 aliphatic heterocycles. The van der Waals surface area contributed by atoms with Crippen LogP contribution in [0.4, 0.5) is 14.5 Å². The number of alkyl halides is 2. The molecule has 0 radical (unpaired) electrons. The molecule has 2 aromatic carbocycles. The molecule has 0 bridgehead atoms. The summed E-state index contributed by atoms with van der Waals surface area (Å²) in [7, 11) is 0. The van der Waals surface area contributed by atoms with Crippen LogP contribution in [0.2, 0.25) is 5.02 Å². The van der Waals surface area contributed by atoms with Crippen molar-refractivity contribution in [3.63, 3.8) is 0 Å². The SMILES string of the molecule is O=C(Nc1ccc(Cl)c(Br)c1)c1cccc(OC(F)F)c1. The average molecular weight is 377 g/mol. The molecule has 1 N–H and O–H groups in total. The Bertz CT molecular complexity index is 667. The van der Waals surface area contributed by atoms with E-state index in [-0.39, 0.29) is 11.3 Å². The smallest absolute Gasteiger partial charge is 0.387 e. The molecule has 1 amide bonds. The largest absolute Gasteiger partial charge is 0.435 e. The topological polar surface area (TPSA) is 38.3 Å². The molecular weight excluding hydrogens is 368 g/mol. The molecule has 0 atom stereocenters. The van der Waals surface area contributed by atoms with Crippen LogP contribution in [0.15, 0.2) is 46.9 Å². The highest BCUT2D eigenvalue weighted by Gasteiger charge is 2.10. The Kier molecular flexibility index (Phi) is 5.14.